The maximum absolute atomic E-state index is 11.3. The van der Waals surface area contributed by atoms with Crippen LogP contribution >= 0.6 is 0 Å². The van der Waals surface area contributed by atoms with Crippen molar-refractivity contribution in [2.24, 2.45) is 0 Å². The Hall–Kier alpha value is -3.35. The van der Waals surface area contributed by atoms with Gasteiger partial charge in [-0.25, -0.2) is 9.97 Å². The fraction of sp³-hybridized carbons (Fsp3) is 0.250. The van der Waals surface area contributed by atoms with E-state index in [1.54, 1.807) is 20.3 Å². The smallest absolute Gasteiger partial charge is 0.302 e. The molecule has 0 bridgehead atoms. The Balaban J connectivity index is 2.00. The third kappa shape index (κ3) is 4.25. The fourth-order valence-electron chi connectivity index (χ4n) is 2.77. The number of aromatic nitrogens is 2. The highest BCUT2D eigenvalue weighted by Gasteiger charge is 2.17. The molecule has 0 aliphatic heterocycles. The van der Waals surface area contributed by atoms with Gasteiger partial charge >= 0.3 is 5.97 Å². The summed E-state index contributed by atoms with van der Waals surface area (Å²) >= 11 is 0. The van der Waals surface area contributed by atoms with E-state index in [1.165, 1.54) is 13.3 Å². The Morgan fingerprint density at radius 2 is 1.78 bits per heavy atom. The minimum absolute atomic E-state index is 0.179. The lowest BCUT2D eigenvalue weighted by Crippen LogP contribution is -2.19. The topological polar surface area (TPSA) is 82.6 Å². The van der Waals surface area contributed by atoms with Gasteiger partial charge in [0.2, 0.25) is 0 Å². The van der Waals surface area contributed by atoms with Crippen LogP contribution in [0, 0.1) is 0 Å². The van der Waals surface area contributed by atoms with Gasteiger partial charge in [0.15, 0.2) is 11.5 Å². The summed E-state index contributed by atoms with van der Waals surface area (Å²) in [6.45, 7) is 1.57. The van der Waals surface area contributed by atoms with Gasteiger partial charge in [0.1, 0.15) is 18.8 Å². The molecule has 0 spiro atoms. The number of benzene rings is 2. The van der Waals surface area contributed by atoms with E-state index in [4.69, 9.17) is 14.2 Å². The molecule has 7 nitrogen and oxygen atoms in total. The molecule has 0 saturated heterocycles. The monoisotopic (exact) mass is 367 g/mol. The van der Waals surface area contributed by atoms with E-state index in [1.807, 2.05) is 36.4 Å². The van der Waals surface area contributed by atoms with E-state index >= 15 is 0 Å². The van der Waals surface area contributed by atoms with Crippen LogP contribution in [0.1, 0.15) is 18.5 Å². The lowest BCUT2D eigenvalue weighted by Gasteiger charge is -2.20. The first-order chi connectivity index (χ1) is 13.1. The number of rotatable bonds is 7. The number of nitrogens with zero attached hydrogens (tertiary/aromatic N) is 2. The molecule has 27 heavy (non-hydrogen) atoms. The van der Waals surface area contributed by atoms with Crippen molar-refractivity contribution in [3.8, 4) is 11.5 Å². The summed E-state index contributed by atoms with van der Waals surface area (Å²) in [5, 5.41) is 4.13. The Morgan fingerprint density at radius 3 is 2.44 bits per heavy atom. The van der Waals surface area contributed by atoms with Crippen molar-refractivity contribution in [2.75, 3.05) is 26.1 Å². The standard InChI is InChI=1S/C20H21N3O4/c1-13(24)27-11-17(14-7-5-4-6-8-14)23-20-15-9-18(25-2)19(26-3)10-16(15)21-12-22-20/h4-10,12,17H,11H2,1-3H3,(H,21,22,23)/t17-/m1/s1. The van der Waals surface area contributed by atoms with E-state index in [9.17, 15) is 4.79 Å². The molecule has 1 aromatic heterocycles. The van der Waals surface area contributed by atoms with Crippen LogP contribution in [0.15, 0.2) is 48.8 Å². The Bertz CT molecular complexity index is 931. The third-order valence-corrected chi connectivity index (χ3v) is 4.11. The van der Waals surface area contributed by atoms with Gasteiger partial charge in [-0.1, -0.05) is 30.3 Å². The van der Waals surface area contributed by atoms with Crippen molar-refractivity contribution in [2.45, 2.75) is 13.0 Å². The molecule has 140 valence electrons. The molecule has 0 amide bonds. The van der Waals surface area contributed by atoms with Crippen LogP contribution in [-0.2, 0) is 9.53 Å². The second kappa shape index (κ2) is 8.35. The van der Waals surface area contributed by atoms with Gasteiger partial charge in [-0.05, 0) is 11.6 Å². The molecule has 7 heteroatoms. The Labute approximate surface area is 157 Å². The van der Waals surface area contributed by atoms with Crippen molar-refractivity contribution >= 4 is 22.7 Å². The minimum Gasteiger partial charge on any atom is -0.493 e. The number of ether oxygens (including phenoxy) is 3. The summed E-state index contributed by atoms with van der Waals surface area (Å²) in [6.07, 6.45) is 1.48. The highest BCUT2D eigenvalue weighted by atomic mass is 16.5. The van der Waals surface area contributed by atoms with E-state index in [2.05, 4.69) is 15.3 Å². The summed E-state index contributed by atoms with van der Waals surface area (Å²) in [5.74, 6) is 1.45. The molecular weight excluding hydrogens is 346 g/mol. The zero-order valence-corrected chi connectivity index (χ0v) is 15.4. The molecule has 0 unspecified atom stereocenters. The van der Waals surface area contributed by atoms with Crippen molar-refractivity contribution in [1.82, 2.24) is 9.97 Å². The van der Waals surface area contributed by atoms with Gasteiger partial charge < -0.3 is 19.5 Å². The number of carbonyl (C=O) groups excluding carboxylic acids is 1. The largest absolute Gasteiger partial charge is 0.493 e. The van der Waals surface area contributed by atoms with Gasteiger partial charge in [0.05, 0.1) is 25.8 Å². The molecule has 1 N–H and O–H groups in total. The van der Waals surface area contributed by atoms with Gasteiger partial charge in [-0.3, -0.25) is 4.79 Å². The molecule has 0 radical (unpaired) electrons. The van der Waals surface area contributed by atoms with Crippen LogP contribution < -0.4 is 14.8 Å². The van der Waals surface area contributed by atoms with Crippen LogP contribution in [0.5, 0.6) is 11.5 Å². The lowest BCUT2D eigenvalue weighted by molar-refractivity contribution is -0.141. The number of carbonyl (C=O) groups is 1. The van der Waals surface area contributed by atoms with E-state index in [0.717, 1.165) is 10.9 Å². The predicted molar refractivity (Wildman–Crippen MR) is 102 cm³/mol. The first kappa shape index (κ1) is 18.4. The van der Waals surface area contributed by atoms with Gasteiger partial charge in [-0.2, -0.15) is 0 Å². The first-order valence-corrected chi connectivity index (χ1v) is 8.44. The van der Waals surface area contributed by atoms with Crippen molar-refractivity contribution in [3.05, 3.63) is 54.4 Å². The zero-order chi connectivity index (χ0) is 19.2. The number of esters is 1. The highest BCUT2D eigenvalue weighted by molar-refractivity contribution is 5.91. The number of methoxy groups -OCH3 is 2. The van der Waals surface area contributed by atoms with E-state index < -0.39 is 0 Å². The molecule has 0 aliphatic rings. The number of fused-ring (bicyclic) bond motifs is 1. The highest BCUT2D eigenvalue weighted by Crippen LogP contribution is 2.34. The number of hydrogen-bond acceptors (Lipinski definition) is 7. The minimum atomic E-state index is -0.336. The van der Waals surface area contributed by atoms with Crippen LogP contribution in [0.25, 0.3) is 10.9 Å². The van der Waals surface area contributed by atoms with Crippen molar-refractivity contribution in [3.63, 3.8) is 0 Å². The number of anilines is 1. The third-order valence-electron chi connectivity index (χ3n) is 4.11. The molecule has 2 aromatic carbocycles. The molecule has 0 fully saturated rings. The summed E-state index contributed by atoms with van der Waals surface area (Å²) < 4.78 is 16.0. The van der Waals surface area contributed by atoms with Crippen LogP contribution in [-0.4, -0.2) is 36.8 Å². The first-order valence-electron chi connectivity index (χ1n) is 8.44. The maximum Gasteiger partial charge on any atom is 0.302 e. The van der Waals surface area contributed by atoms with Crippen LogP contribution in [0.2, 0.25) is 0 Å². The zero-order valence-electron chi connectivity index (χ0n) is 15.4. The van der Waals surface area contributed by atoms with Crippen molar-refractivity contribution in [1.29, 1.82) is 0 Å². The second-order valence-electron chi connectivity index (χ2n) is 5.86. The van der Waals surface area contributed by atoms with Gasteiger partial charge in [0, 0.05) is 18.4 Å². The van der Waals surface area contributed by atoms with Gasteiger partial charge in [0.25, 0.3) is 0 Å². The summed E-state index contributed by atoms with van der Waals surface area (Å²) in [7, 11) is 3.16. The molecule has 3 rings (SSSR count). The van der Waals surface area contributed by atoms with E-state index in [0.29, 0.717) is 22.8 Å². The molecule has 1 atom stereocenters. The molecule has 1 heterocycles. The Morgan fingerprint density at radius 1 is 1.07 bits per heavy atom. The van der Waals surface area contributed by atoms with Crippen molar-refractivity contribution < 1.29 is 19.0 Å². The average molecular weight is 367 g/mol. The maximum atomic E-state index is 11.3. The SMILES string of the molecule is COc1cc2ncnc(N[C@H](COC(C)=O)c3ccccc3)c2cc1OC. The average Bonchev–Trinajstić information content (AvgIpc) is 2.70. The molecule has 3 aromatic rings. The summed E-state index contributed by atoms with van der Waals surface area (Å²) in [6, 6.07) is 13.1. The Kier molecular flexibility index (Phi) is 5.71. The van der Waals surface area contributed by atoms with Crippen LogP contribution in [0.4, 0.5) is 5.82 Å². The lowest BCUT2D eigenvalue weighted by atomic mass is 10.1. The molecular formula is C20H21N3O4. The predicted octanol–water partition coefficient (Wildman–Crippen LogP) is 3.36. The molecule has 0 saturated carbocycles. The quantitative estimate of drug-likeness (QED) is 0.641. The van der Waals surface area contributed by atoms with Crippen LogP contribution in [0.3, 0.4) is 0 Å². The fourth-order valence-corrected chi connectivity index (χ4v) is 2.77. The number of nitrogens with one attached hydrogen (secondary N) is 1. The van der Waals surface area contributed by atoms with Gasteiger partial charge in [-0.15, -0.1) is 0 Å². The normalized spacial score (nSPS) is 11.7. The summed E-state index contributed by atoms with van der Waals surface area (Å²) in [5.41, 5.74) is 1.69. The molecule has 0 aliphatic carbocycles. The summed E-state index contributed by atoms with van der Waals surface area (Å²) in [4.78, 5) is 20.0. The number of hydrogen-bond donors (Lipinski definition) is 1. The second-order valence-corrected chi connectivity index (χ2v) is 5.86. The van der Waals surface area contributed by atoms with E-state index in [-0.39, 0.29) is 18.6 Å².